The fraction of sp³-hybridized carbons (Fsp3) is 0.222. The van der Waals surface area contributed by atoms with E-state index in [1.54, 1.807) is 6.08 Å². The number of rotatable bonds is 8. The number of ether oxygens (including phenoxy) is 2. The van der Waals surface area contributed by atoms with E-state index in [-0.39, 0.29) is 5.78 Å². The lowest BCUT2D eigenvalue weighted by molar-refractivity contribution is -0.121. The van der Waals surface area contributed by atoms with Gasteiger partial charge >= 0.3 is 0 Å². The Labute approximate surface area is 179 Å². The molecule has 30 heavy (non-hydrogen) atoms. The van der Waals surface area contributed by atoms with Crippen molar-refractivity contribution in [2.24, 2.45) is 5.41 Å². The molecule has 0 spiro atoms. The molecule has 0 fully saturated rings. The summed E-state index contributed by atoms with van der Waals surface area (Å²) in [6, 6.07) is 25.8. The fourth-order valence-electron chi connectivity index (χ4n) is 2.75. The molecule has 0 atom stereocenters. The predicted molar refractivity (Wildman–Crippen MR) is 121 cm³/mol. The highest BCUT2D eigenvalue weighted by atomic mass is 16.5. The Morgan fingerprint density at radius 2 is 1.30 bits per heavy atom. The van der Waals surface area contributed by atoms with Crippen molar-refractivity contribution in [2.45, 2.75) is 34.0 Å². The smallest absolute Gasteiger partial charge is 0.162 e. The standard InChI is InChI=1S/C27H28O3/c1-27(2,3)26(28)17-15-21-14-16-24(29-19-22-10-6-4-7-11-22)25(18-21)30-20-23-12-8-5-9-13-23/h4-18H,19-20H2,1-3H3. The maximum atomic E-state index is 12.2. The summed E-state index contributed by atoms with van der Waals surface area (Å²) in [5.74, 6) is 1.41. The Balaban J connectivity index is 1.79. The van der Waals surface area contributed by atoms with E-state index in [0.717, 1.165) is 16.7 Å². The molecule has 0 aliphatic carbocycles. The third kappa shape index (κ3) is 6.35. The summed E-state index contributed by atoms with van der Waals surface area (Å²) in [6.07, 6.45) is 3.45. The highest BCUT2D eigenvalue weighted by Gasteiger charge is 2.18. The third-order valence-corrected chi connectivity index (χ3v) is 4.61. The van der Waals surface area contributed by atoms with Crippen LogP contribution in [0.25, 0.3) is 6.08 Å². The molecule has 0 radical (unpaired) electrons. The van der Waals surface area contributed by atoms with Gasteiger partial charge in [0.25, 0.3) is 0 Å². The molecular formula is C27H28O3. The van der Waals surface area contributed by atoms with E-state index in [1.165, 1.54) is 0 Å². The molecule has 3 nitrogen and oxygen atoms in total. The summed E-state index contributed by atoms with van der Waals surface area (Å²) in [7, 11) is 0. The maximum absolute atomic E-state index is 12.2. The highest BCUT2D eigenvalue weighted by molar-refractivity contribution is 5.97. The topological polar surface area (TPSA) is 35.5 Å². The van der Waals surface area contributed by atoms with Crippen LogP contribution in [0.2, 0.25) is 0 Å². The lowest BCUT2D eigenvalue weighted by Gasteiger charge is -2.15. The molecule has 0 unspecified atom stereocenters. The zero-order valence-electron chi connectivity index (χ0n) is 17.8. The molecule has 3 aromatic carbocycles. The van der Waals surface area contributed by atoms with Crippen LogP contribution in [0.1, 0.15) is 37.5 Å². The molecule has 154 valence electrons. The summed E-state index contributed by atoms with van der Waals surface area (Å²) >= 11 is 0. The van der Waals surface area contributed by atoms with Gasteiger partial charge in [0.1, 0.15) is 13.2 Å². The fourth-order valence-corrected chi connectivity index (χ4v) is 2.75. The van der Waals surface area contributed by atoms with Crippen LogP contribution in [0, 0.1) is 5.41 Å². The van der Waals surface area contributed by atoms with Crippen molar-refractivity contribution in [2.75, 3.05) is 0 Å². The number of ketones is 1. The molecule has 0 aromatic heterocycles. The van der Waals surface area contributed by atoms with Gasteiger partial charge in [0.2, 0.25) is 0 Å². The van der Waals surface area contributed by atoms with Crippen LogP contribution >= 0.6 is 0 Å². The number of carbonyl (C=O) groups excluding carboxylic acids is 1. The van der Waals surface area contributed by atoms with Crippen LogP contribution < -0.4 is 9.47 Å². The summed E-state index contributed by atoms with van der Waals surface area (Å²) in [6.45, 7) is 6.63. The molecule has 3 rings (SSSR count). The van der Waals surface area contributed by atoms with Gasteiger partial charge in [0.15, 0.2) is 17.3 Å². The zero-order chi connectivity index (χ0) is 21.4. The predicted octanol–water partition coefficient (Wildman–Crippen LogP) is 6.47. The SMILES string of the molecule is CC(C)(C)C(=O)C=Cc1ccc(OCc2ccccc2)c(OCc2ccccc2)c1. The van der Waals surface area contributed by atoms with Crippen molar-refractivity contribution < 1.29 is 14.3 Å². The number of carbonyl (C=O) groups is 1. The molecule has 0 heterocycles. The van der Waals surface area contributed by atoms with Gasteiger partial charge in [-0.05, 0) is 34.9 Å². The van der Waals surface area contributed by atoms with Crippen LogP contribution in [-0.4, -0.2) is 5.78 Å². The van der Waals surface area contributed by atoms with Gasteiger partial charge in [0, 0.05) is 5.41 Å². The van der Waals surface area contributed by atoms with Crippen molar-refractivity contribution in [3.8, 4) is 11.5 Å². The van der Waals surface area contributed by atoms with E-state index in [9.17, 15) is 4.79 Å². The van der Waals surface area contributed by atoms with Crippen LogP contribution in [0.3, 0.4) is 0 Å². The van der Waals surface area contributed by atoms with Crippen molar-refractivity contribution in [1.29, 1.82) is 0 Å². The van der Waals surface area contributed by atoms with Crippen LogP contribution in [0.5, 0.6) is 11.5 Å². The summed E-state index contributed by atoms with van der Waals surface area (Å²) < 4.78 is 12.1. The minimum atomic E-state index is -0.401. The van der Waals surface area contributed by atoms with E-state index >= 15 is 0 Å². The summed E-state index contributed by atoms with van der Waals surface area (Å²) in [5, 5.41) is 0. The first kappa shape index (κ1) is 21.4. The minimum absolute atomic E-state index is 0.0821. The van der Waals surface area contributed by atoms with Crippen LogP contribution in [0.15, 0.2) is 84.9 Å². The van der Waals surface area contributed by atoms with E-state index < -0.39 is 5.41 Å². The lowest BCUT2D eigenvalue weighted by atomic mass is 9.90. The molecule has 0 N–H and O–H groups in total. The summed E-state index contributed by atoms with van der Waals surface area (Å²) in [4.78, 5) is 12.2. The average molecular weight is 401 g/mol. The van der Waals surface area contributed by atoms with Gasteiger partial charge < -0.3 is 9.47 Å². The monoisotopic (exact) mass is 400 g/mol. The van der Waals surface area contributed by atoms with E-state index in [2.05, 4.69) is 0 Å². The number of benzene rings is 3. The second-order valence-corrected chi connectivity index (χ2v) is 8.20. The number of allylic oxidation sites excluding steroid dienone is 1. The van der Waals surface area contributed by atoms with Gasteiger partial charge in [-0.3, -0.25) is 4.79 Å². The van der Waals surface area contributed by atoms with Crippen molar-refractivity contribution in [3.63, 3.8) is 0 Å². The molecule has 3 heteroatoms. The number of hydrogen-bond acceptors (Lipinski definition) is 3. The maximum Gasteiger partial charge on any atom is 0.162 e. The summed E-state index contributed by atoms with van der Waals surface area (Å²) in [5.41, 5.74) is 2.66. The Kier molecular flexibility index (Phi) is 7.08. The van der Waals surface area contributed by atoms with Gasteiger partial charge in [0.05, 0.1) is 0 Å². The van der Waals surface area contributed by atoms with E-state index in [0.29, 0.717) is 24.7 Å². The second kappa shape index (κ2) is 9.93. The van der Waals surface area contributed by atoms with Crippen molar-refractivity contribution >= 4 is 11.9 Å². The Morgan fingerprint density at radius 3 is 1.83 bits per heavy atom. The highest BCUT2D eigenvalue weighted by Crippen LogP contribution is 2.31. The Hall–Kier alpha value is -3.33. The Morgan fingerprint density at radius 1 is 0.767 bits per heavy atom. The first-order chi connectivity index (χ1) is 14.4. The van der Waals surface area contributed by atoms with Crippen molar-refractivity contribution in [1.82, 2.24) is 0 Å². The van der Waals surface area contributed by atoms with Crippen LogP contribution in [-0.2, 0) is 18.0 Å². The molecule has 0 saturated carbocycles. The minimum Gasteiger partial charge on any atom is -0.485 e. The van der Waals surface area contributed by atoms with E-state index in [1.807, 2.05) is 106 Å². The Bertz CT molecular complexity index is 984. The average Bonchev–Trinajstić information content (AvgIpc) is 2.76. The number of hydrogen-bond donors (Lipinski definition) is 0. The van der Waals surface area contributed by atoms with Gasteiger partial charge in [-0.15, -0.1) is 0 Å². The van der Waals surface area contributed by atoms with Gasteiger partial charge in [-0.1, -0.05) is 93.6 Å². The van der Waals surface area contributed by atoms with Gasteiger partial charge in [-0.2, -0.15) is 0 Å². The lowest BCUT2D eigenvalue weighted by Crippen LogP contribution is -2.17. The van der Waals surface area contributed by atoms with Crippen molar-refractivity contribution in [3.05, 3.63) is 102 Å². The second-order valence-electron chi connectivity index (χ2n) is 8.20. The van der Waals surface area contributed by atoms with Crippen LogP contribution in [0.4, 0.5) is 0 Å². The van der Waals surface area contributed by atoms with E-state index in [4.69, 9.17) is 9.47 Å². The molecule has 0 aliphatic heterocycles. The first-order valence-corrected chi connectivity index (χ1v) is 10.1. The molecule has 0 aliphatic rings. The first-order valence-electron chi connectivity index (χ1n) is 10.1. The molecule has 0 saturated heterocycles. The normalized spacial score (nSPS) is 11.4. The molecule has 3 aromatic rings. The van der Waals surface area contributed by atoms with Gasteiger partial charge in [-0.25, -0.2) is 0 Å². The molecule has 0 bridgehead atoms. The molecular weight excluding hydrogens is 372 g/mol. The zero-order valence-corrected chi connectivity index (χ0v) is 17.8. The molecule has 0 amide bonds. The largest absolute Gasteiger partial charge is 0.485 e. The third-order valence-electron chi connectivity index (χ3n) is 4.61. The quantitative estimate of drug-likeness (QED) is 0.406.